The predicted octanol–water partition coefficient (Wildman–Crippen LogP) is 0.713. The predicted molar refractivity (Wildman–Crippen MR) is 99.7 cm³/mol. The number of methoxy groups -OCH3 is 1. The summed E-state index contributed by atoms with van der Waals surface area (Å²) in [5.74, 6) is -1.50. The highest BCUT2D eigenvalue weighted by Crippen LogP contribution is 2.34. The van der Waals surface area contributed by atoms with E-state index in [1.54, 1.807) is 6.92 Å². The number of hydrogen-bond donors (Lipinski definition) is 1. The Morgan fingerprint density at radius 1 is 1.33 bits per heavy atom. The van der Waals surface area contributed by atoms with Crippen LogP contribution in [0.2, 0.25) is 0 Å². The largest absolute Gasteiger partial charge is 0.492 e. The smallest absolute Gasteiger partial charge is 0.244 e. The normalized spacial score (nSPS) is 19.4. The maximum atomic E-state index is 12.7. The van der Waals surface area contributed by atoms with Gasteiger partial charge in [0.2, 0.25) is 26.0 Å². The van der Waals surface area contributed by atoms with Crippen molar-refractivity contribution in [2.75, 3.05) is 36.9 Å². The van der Waals surface area contributed by atoms with Crippen LogP contribution in [0.15, 0.2) is 23.1 Å². The lowest BCUT2D eigenvalue weighted by atomic mass is 10.2. The summed E-state index contributed by atoms with van der Waals surface area (Å²) in [6.07, 6.45) is 0.468. The van der Waals surface area contributed by atoms with Crippen LogP contribution >= 0.6 is 0 Å². The van der Waals surface area contributed by atoms with Gasteiger partial charge in [-0.15, -0.1) is 0 Å². The molecule has 1 aliphatic rings. The van der Waals surface area contributed by atoms with E-state index in [9.17, 15) is 21.6 Å². The Bertz CT molecular complexity index is 897. The van der Waals surface area contributed by atoms with E-state index in [1.807, 2.05) is 0 Å². The fraction of sp³-hybridized carbons (Fsp3) is 0.562. The van der Waals surface area contributed by atoms with Gasteiger partial charge in [-0.25, -0.2) is 25.9 Å². The zero-order valence-corrected chi connectivity index (χ0v) is 17.1. The van der Waals surface area contributed by atoms with Crippen molar-refractivity contribution in [3.63, 3.8) is 0 Å². The molecule has 0 aliphatic carbocycles. The summed E-state index contributed by atoms with van der Waals surface area (Å²) >= 11 is 0. The monoisotopic (exact) mass is 420 g/mol. The van der Waals surface area contributed by atoms with E-state index in [4.69, 9.17) is 9.47 Å². The van der Waals surface area contributed by atoms with Crippen LogP contribution in [0.4, 0.5) is 5.69 Å². The van der Waals surface area contributed by atoms with Gasteiger partial charge in [-0.3, -0.25) is 4.79 Å². The van der Waals surface area contributed by atoms with Crippen LogP contribution in [0.5, 0.6) is 5.75 Å². The van der Waals surface area contributed by atoms with E-state index in [-0.39, 0.29) is 35.2 Å². The van der Waals surface area contributed by atoms with Crippen molar-refractivity contribution in [2.45, 2.75) is 25.2 Å². The number of amides is 1. The number of carbonyl (C=O) groups is 1. The van der Waals surface area contributed by atoms with E-state index in [2.05, 4.69) is 4.72 Å². The Hall–Kier alpha value is -1.69. The molecule has 0 radical (unpaired) electrons. The van der Waals surface area contributed by atoms with Crippen LogP contribution in [0.25, 0.3) is 0 Å². The van der Waals surface area contributed by atoms with Crippen LogP contribution in [0.1, 0.15) is 20.3 Å². The molecule has 1 fully saturated rings. The summed E-state index contributed by atoms with van der Waals surface area (Å²) in [5.41, 5.74) is -0.0231. The van der Waals surface area contributed by atoms with Gasteiger partial charge in [0.15, 0.2) is 0 Å². The quantitative estimate of drug-likeness (QED) is 0.584. The lowest BCUT2D eigenvalue weighted by Gasteiger charge is -2.18. The Labute approximate surface area is 159 Å². The first-order chi connectivity index (χ1) is 12.6. The highest BCUT2D eigenvalue weighted by Gasteiger charge is 2.42. The minimum absolute atomic E-state index is 0.0231. The van der Waals surface area contributed by atoms with Crippen molar-refractivity contribution in [1.82, 2.24) is 4.72 Å². The second-order valence-corrected chi connectivity index (χ2v) is 9.69. The Balaban J connectivity index is 2.44. The topological polar surface area (TPSA) is 119 Å². The number of nitrogens with one attached hydrogen (secondary N) is 1. The van der Waals surface area contributed by atoms with E-state index < -0.39 is 31.9 Å². The van der Waals surface area contributed by atoms with Gasteiger partial charge in [0.1, 0.15) is 10.6 Å². The van der Waals surface area contributed by atoms with Gasteiger partial charge in [0.05, 0.1) is 24.0 Å². The number of rotatable bonds is 9. The maximum Gasteiger partial charge on any atom is 0.244 e. The van der Waals surface area contributed by atoms with E-state index in [0.717, 1.165) is 6.07 Å². The molecule has 1 saturated heterocycles. The van der Waals surface area contributed by atoms with Crippen molar-refractivity contribution < 1.29 is 31.1 Å². The minimum Gasteiger partial charge on any atom is -0.492 e. The average Bonchev–Trinajstić information content (AvgIpc) is 2.80. The highest BCUT2D eigenvalue weighted by atomic mass is 32.2. The molecule has 11 heteroatoms. The molecule has 0 saturated carbocycles. The summed E-state index contributed by atoms with van der Waals surface area (Å²) < 4.78 is 63.3. The van der Waals surface area contributed by atoms with Gasteiger partial charge in [-0.1, -0.05) is 6.92 Å². The fourth-order valence-corrected chi connectivity index (χ4v) is 5.74. The molecule has 1 N–H and O–H groups in total. The first kappa shape index (κ1) is 21.6. The fourth-order valence-electron chi connectivity index (χ4n) is 2.70. The zero-order chi connectivity index (χ0) is 20.2. The SMILES string of the molecule is CCOc1ccc(N2C(=O)C(C)CS2(=O)=O)cc1S(=O)(=O)NCCCOC. The zero-order valence-electron chi connectivity index (χ0n) is 15.5. The molecule has 1 amide bonds. The van der Waals surface area contributed by atoms with E-state index >= 15 is 0 Å². The molecule has 152 valence electrons. The number of benzene rings is 1. The summed E-state index contributed by atoms with van der Waals surface area (Å²) in [5, 5.41) is 0. The molecule has 0 spiro atoms. The van der Waals surface area contributed by atoms with Crippen LogP contribution in [-0.4, -0.2) is 55.4 Å². The number of ether oxygens (including phenoxy) is 2. The molecule has 1 aromatic carbocycles. The minimum atomic E-state index is -3.98. The third-order valence-corrected chi connectivity index (χ3v) is 7.28. The van der Waals surface area contributed by atoms with Crippen molar-refractivity contribution >= 4 is 31.6 Å². The summed E-state index contributed by atoms with van der Waals surface area (Å²) in [6.45, 7) is 3.97. The highest BCUT2D eigenvalue weighted by molar-refractivity contribution is 7.94. The number of anilines is 1. The molecule has 1 heterocycles. The Morgan fingerprint density at radius 3 is 2.59 bits per heavy atom. The number of carbonyl (C=O) groups excluding carboxylic acids is 1. The molecule has 1 atom stereocenters. The van der Waals surface area contributed by atoms with Gasteiger partial charge >= 0.3 is 0 Å². The molecule has 0 bridgehead atoms. The summed E-state index contributed by atoms with van der Waals surface area (Å²) in [6, 6.07) is 3.87. The van der Waals surface area contributed by atoms with Crippen LogP contribution < -0.4 is 13.8 Å². The first-order valence-corrected chi connectivity index (χ1v) is 11.6. The lowest BCUT2D eigenvalue weighted by molar-refractivity contribution is -0.119. The van der Waals surface area contributed by atoms with Crippen LogP contribution in [-0.2, 0) is 29.6 Å². The van der Waals surface area contributed by atoms with E-state index in [0.29, 0.717) is 17.3 Å². The number of nitrogens with zero attached hydrogens (tertiary/aromatic N) is 1. The molecule has 0 aromatic heterocycles. The van der Waals surface area contributed by atoms with E-state index in [1.165, 1.54) is 26.2 Å². The maximum absolute atomic E-state index is 12.7. The van der Waals surface area contributed by atoms with Crippen molar-refractivity contribution in [3.05, 3.63) is 18.2 Å². The Kier molecular flexibility index (Phi) is 6.84. The third-order valence-electron chi connectivity index (χ3n) is 3.93. The Morgan fingerprint density at radius 2 is 2.04 bits per heavy atom. The summed E-state index contributed by atoms with van der Waals surface area (Å²) in [7, 11) is -6.30. The van der Waals surface area contributed by atoms with Gasteiger partial charge in [-0.2, -0.15) is 0 Å². The second-order valence-electron chi connectivity index (χ2n) is 6.09. The van der Waals surface area contributed by atoms with Gasteiger partial charge in [0, 0.05) is 20.3 Å². The van der Waals surface area contributed by atoms with Crippen LogP contribution in [0, 0.1) is 5.92 Å². The lowest BCUT2D eigenvalue weighted by Crippen LogP contribution is -2.31. The average molecular weight is 421 g/mol. The summed E-state index contributed by atoms with van der Waals surface area (Å²) in [4.78, 5) is 12.1. The standard InChI is InChI=1S/C16H24N2O7S2/c1-4-25-14-7-6-13(18-16(19)12(2)11-26(18,20)21)10-15(14)27(22,23)17-8-5-9-24-3/h6-7,10,12,17H,4-5,8-9,11H2,1-3H3. The first-order valence-electron chi connectivity index (χ1n) is 8.46. The number of hydrogen-bond acceptors (Lipinski definition) is 7. The number of sulfonamides is 2. The van der Waals surface area contributed by atoms with Crippen LogP contribution in [0.3, 0.4) is 0 Å². The second kappa shape index (κ2) is 8.55. The third kappa shape index (κ3) is 4.78. The van der Waals surface area contributed by atoms with Crippen molar-refractivity contribution in [2.24, 2.45) is 5.92 Å². The molecule has 2 rings (SSSR count). The molecular weight excluding hydrogens is 396 g/mol. The molecule has 9 nitrogen and oxygen atoms in total. The molecule has 27 heavy (non-hydrogen) atoms. The van der Waals surface area contributed by atoms with Crippen molar-refractivity contribution in [3.8, 4) is 5.75 Å². The van der Waals surface area contributed by atoms with Gasteiger partial charge < -0.3 is 9.47 Å². The van der Waals surface area contributed by atoms with Crippen molar-refractivity contribution in [1.29, 1.82) is 0 Å². The molecule has 1 aromatic rings. The van der Waals surface area contributed by atoms with Gasteiger partial charge in [-0.05, 0) is 31.5 Å². The molecular formula is C16H24N2O7S2. The molecule has 1 unspecified atom stereocenters. The van der Waals surface area contributed by atoms with Gasteiger partial charge in [0.25, 0.3) is 0 Å². The molecule has 1 aliphatic heterocycles.